The number of aromatic nitrogens is 2. The van der Waals surface area contributed by atoms with Crippen LogP contribution in [0.4, 0.5) is 0 Å². The second-order valence-electron chi connectivity index (χ2n) is 2.65. The predicted octanol–water partition coefficient (Wildman–Crippen LogP) is 1.36. The lowest BCUT2D eigenvalue weighted by Gasteiger charge is -1.95. The molecule has 1 aromatic heterocycles. The molecule has 1 heterocycles. The van der Waals surface area contributed by atoms with Gasteiger partial charge in [0.2, 0.25) is 0 Å². The highest BCUT2D eigenvalue weighted by atomic mass is 16.5. The van der Waals surface area contributed by atoms with E-state index >= 15 is 0 Å². The van der Waals surface area contributed by atoms with Crippen LogP contribution in [0.3, 0.4) is 0 Å². The Morgan fingerprint density at radius 3 is 2.71 bits per heavy atom. The van der Waals surface area contributed by atoms with Gasteiger partial charge >= 0.3 is 5.97 Å². The minimum absolute atomic E-state index is 0.354. The number of carbonyl (C=O) groups is 1. The number of rotatable bonds is 3. The van der Waals surface area contributed by atoms with Gasteiger partial charge in [0.05, 0.1) is 6.61 Å². The first-order valence-electron chi connectivity index (χ1n) is 4.36. The van der Waals surface area contributed by atoms with E-state index in [1.54, 1.807) is 32.3 Å². The molecule has 0 aromatic carbocycles. The zero-order valence-electron chi connectivity index (χ0n) is 8.23. The first kappa shape index (κ1) is 10.4. The van der Waals surface area contributed by atoms with Gasteiger partial charge in [-0.15, -0.1) is 0 Å². The SMILES string of the molecule is CCOC(=O)C=Cc1cnc(C)nc1. The molecule has 0 fully saturated rings. The van der Waals surface area contributed by atoms with Crippen molar-refractivity contribution in [1.82, 2.24) is 9.97 Å². The van der Waals surface area contributed by atoms with E-state index < -0.39 is 0 Å². The van der Waals surface area contributed by atoms with Crippen molar-refractivity contribution in [3.8, 4) is 0 Å². The van der Waals surface area contributed by atoms with Gasteiger partial charge in [0.15, 0.2) is 0 Å². The summed E-state index contributed by atoms with van der Waals surface area (Å²) < 4.78 is 4.72. The summed E-state index contributed by atoms with van der Waals surface area (Å²) in [6.45, 7) is 3.95. The van der Waals surface area contributed by atoms with Crippen LogP contribution in [0.25, 0.3) is 6.08 Å². The fourth-order valence-corrected chi connectivity index (χ4v) is 0.843. The molecule has 1 rings (SSSR count). The summed E-state index contributed by atoms with van der Waals surface area (Å²) in [5.41, 5.74) is 0.781. The zero-order valence-corrected chi connectivity index (χ0v) is 8.23. The quantitative estimate of drug-likeness (QED) is 0.536. The molecule has 4 nitrogen and oxygen atoms in total. The van der Waals surface area contributed by atoms with Crippen molar-refractivity contribution in [2.75, 3.05) is 6.61 Å². The van der Waals surface area contributed by atoms with Crippen LogP contribution in [0.1, 0.15) is 18.3 Å². The number of esters is 1. The van der Waals surface area contributed by atoms with Gasteiger partial charge in [-0.1, -0.05) is 0 Å². The van der Waals surface area contributed by atoms with E-state index in [-0.39, 0.29) is 5.97 Å². The first-order valence-corrected chi connectivity index (χ1v) is 4.36. The molecule has 0 N–H and O–H groups in total. The van der Waals surface area contributed by atoms with Crippen LogP contribution < -0.4 is 0 Å². The van der Waals surface area contributed by atoms with Crippen molar-refractivity contribution in [3.63, 3.8) is 0 Å². The van der Waals surface area contributed by atoms with Gasteiger partial charge < -0.3 is 4.74 Å². The maximum Gasteiger partial charge on any atom is 0.330 e. The summed E-state index contributed by atoms with van der Waals surface area (Å²) in [4.78, 5) is 18.9. The monoisotopic (exact) mass is 192 g/mol. The Hall–Kier alpha value is -1.71. The maximum absolute atomic E-state index is 10.9. The molecule has 14 heavy (non-hydrogen) atoms. The third-order valence-corrected chi connectivity index (χ3v) is 1.50. The lowest BCUT2D eigenvalue weighted by molar-refractivity contribution is -0.137. The largest absolute Gasteiger partial charge is 0.463 e. The van der Waals surface area contributed by atoms with Crippen molar-refractivity contribution >= 4 is 12.0 Å². The molecule has 0 aliphatic carbocycles. The molecule has 0 aliphatic rings. The number of aryl methyl sites for hydroxylation is 1. The Balaban J connectivity index is 2.60. The van der Waals surface area contributed by atoms with E-state index in [0.29, 0.717) is 12.4 Å². The van der Waals surface area contributed by atoms with E-state index in [1.165, 1.54) is 6.08 Å². The topological polar surface area (TPSA) is 52.1 Å². The van der Waals surface area contributed by atoms with Gasteiger partial charge in [-0.3, -0.25) is 0 Å². The standard InChI is InChI=1S/C10H12N2O2/c1-3-14-10(13)5-4-9-6-11-8(2)12-7-9/h4-7H,3H2,1-2H3. The molecule has 0 saturated heterocycles. The molecule has 1 aromatic rings. The lowest BCUT2D eigenvalue weighted by atomic mass is 10.3. The molecule has 74 valence electrons. The molecular weight excluding hydrogens is 180 g/mol. The second-order valence-corrected chi connectivity index (χ2v) is 2.65. The first-order chi connectivity index (χ1) is 6.72. The highest BCUT2D eigenvalue weighted by Gasteiger charge is 1.94. The molecular formula is C10H12N2O2. The summed E-state index contributed by atoms with van der Waals surface area (Å²) in [5, 5.41) is 0. The summed E-state index contributed by atoms with van der Waals surface area (Å²) in [7, 11) is 0. The third kappa shape index (κ3) is 3.35. The Kier molecular flexibility index (Phi) is 3.79. The van der Waals surface area contributed by atoms with Crippen molar-refractivity contribution < 1.29 is 9.53 Å². The van der Waals surface area contributed by atoms with Gasteiger partial charge in [-0.05, 0) is 19.9 Å². The third-order valence-electron chi connectivity index (χ3n) is 1.50. The number of carbonyl (C=O) groups excluding carboxylic acids is 1. The van der Waals surface area contributed by atoms with Gasteiger partial charge in [0, 0.05) is 24.0 Å². The van der Waals surface area contributed by atoms with Gasteiger partial charge in [0.1, 0.15) is 5.82 Å². The van der Waals surface area contributed by atoms with E-state index in [0.717, 1.165) is 5.56 Å². The minimum atomic E-state index is -0.354. The van der Waals surface area contributed by atoms with E-state index in [4.69, 9.17) is 4.74 Å². The Morgan fingerprint density at radius 2 is 2.14 bits per heavy atom. The molecule has 0 atom stereocenters. The summed E-state index contributed by atoms with van der Waals surface area (Å²) in [6, 6.07) is 0. The maximum atomic E-state index is 10.9. The summed E-state index contributed by atoms with van der Waals surface area (Å²) >= 11 is 0. The lowest BCUT2D eigenvalue weighted by Crippen LogP contribution is -1.98. The van der Waals surface area contributed by atoms with Gasteiger partial charge in [-0.25, -0.2) is 14.8 Å². The van der Waals surface area contributed by atoms with Gasteiger partial charge in [-0.2, -0.15) is 0 Å². The Labute approximate surface area is 82.6 Å². The minimum Gasteiger partial charge on any atom is -0.463 e. The van der Waals surface area contributed by atoms with Crippen LogP contribution in [-0.4, -0.2) is 22.5 Å². The molecule has 0 unspecified atom stereocenters. The molecule has 0 spiro atoms. The zero-order chi connectivity index (χ0) is 10.4. The van der Waals surface area contributed by atoms with Crippen molar-refractivity contribution in [2.24, 2.45) is 0 Å². The summed E-state index contributed by atoms with van der Waals surface area (Å²) in [6.07, 6.45) is 6.28. The van der Waals surface area contributed by atoms with Crippen LogP contribution >= 0.6 is 0 Å². The van der Waals surface area contributed by atoms with Crippen molar-refractivity contribution in [2.45, 2.75) is 13.8 Å². The Bertz CT molecular complexity index is 330. The highest BCUT2D eigenvalue weighted by molar-refractivity contribution is 5.86. The van der Waals surface area contributed by atoms with Gasteiger partial charge in [0.25, 0.3) is 0 Å². The molecule has 0 radical (unpaired) electrons. The van der Waals surface area contributed by atoms with Crippen molar-refractivity contribution in [1.29, 1.82) is 0 Å². The smallest absolute Gasteiger partial charge is 0.330 e. The van der Waals surface area contributed by atoms with Crippen LogP contribution in [0.5, 0.6) is 0 Å². The predicted molar refractivity (Wildman–Crippen MR) is 52.4 cm³/mol. The van der Waals surface area contributed by atoms with Crippen LogP contribution in [-0.2, 0) is 9.53 Å². The molecule has 0 aliphatic heterocycles. The highest BCUT2D eigenvalue weighted by Crippen LogP contribution is 1.98. The molecule has 0 amide bonds. The summed E-state index contributed by atoms with van der Waals surface area (Å²) in [5.74, 6) is 0.353. The van der Waals surface area contributed by atoms with E-state index in [9.17, 15) is 4.79 Å². The fourth-order valence-electron chi connectivity index (χ4n) is 0.843. The number of ether oxygens (including phenoxy) is 1. The average molecular weight is 192 g/mol. The number of nitrogens with zero attached hydrogens (tertiary/aromatic N) is 2. The number of hydrogen-bond acceptors (Lipinski definition) is 4. The van der Waals surface area contributed by atoms with Crippen LogP contribution in [0.2, 0.25) is 0 Å². The van der Waals surface area contributed by atoms with Crippen LogP contribution in [0.15, 0.2) is 18.5 Å². The van der Waals surface area contributed by atoms with Crippen LogP contribution in [0, 0.1) is 6.92 Å². The fraction of sp³-hybridized carbons (Fsp3) is 0.300. The number of hydrogen-bond donors (Lipinski definition) is 0. The Morgan fingerprint density at radius 1 is 1.50 bits per heavy atom. The average Bonchev–Trinajstić information content (AvgIpc) is 2.17. The van der Waals surface area contributed by atoms with E-state index in [1.807, 2.05) is 0 Å². The second kappa shape index (κ2) is 5.11. The van der Waals surface area contributed by atoms with E-state index in [2.05, 4.69) is 9.97 Å². The molecule has 0 bridgehead atoms. The molecule has 4 heteroatoms. The molecule has 0 saturated carbocycles. The normalized spacial score (nSPS) is 10.4. The van der Waals surface area contributed by atoms with Crippen molar-refractivity contribution in [3.05, 3.63) is 29.9 Å².